The van der Waals surface area contributed by atoms with Crippen LogP contribution in [-0.2, 0) is 4.79 Å². The van der Waals surface area contributed by atoms with Gasteiger partial charge in [-0.15, -0.1) is 0 Å². The summed E-state index contributed by atoms with van der Waals surface area (Å²) < 4.78 is 11.1. The van der Waals surface area contributed by atoms with E-state index in [2.05, 4.69) is 19.2 Å². The summed E-state index contributed by atoms with van der Waals surface area (Å²) in [4.78, 5) is 12.8. The molecule has 2 aromatic rings. The van der Waals surface area contributed by atoms with Crippen molar-refractivity contribution in [3.05, 3.63) is 58.1 Å². The summed E-state index contributed by atoms with van der Waals surface area (Å²) in [5, 5.41) is 3.86. The number of nitrogens with one attached hydrogen (secondary N) is 1. The van der Waals surface area contributed by atoms with Crippen LogP contribution in [0.1, 0.15) is 49.9 Å². The number of aryl methyl sites for hydroxylation is 2. The molecule has 2 rings (SSSR count). The lowest BCUT2D eigenvalue weighted by Crippen LogP contribution is -2.39. The van der Waals surface area contributed by atoms with E-state index in [4.69, 9.17) is 21.1 Å². The van der Waals surface area contributed by atoms with Crippen LogP contribution in [0.4, 0.5) is 0 Å². The second-order valence-corrected chi connectivity index (χ2v) is 7.97. The Balaban J connectivity index is 2.11. The molecule has 0 bridgehead atoms. The number of ether oxygens (including phenoxy) is 2. The molecule has 0 aromatic heterocycles. The van der Waals surface area contributed by atoms with Crippen LogP contribution in [0.15, 0.2) is 36.4 Å². The maximum Gasteiger partial charge on any atom is 0.261 e. The summed E-state index contributed by atoms with van der Waals surface area (Å²) in [5.74, 6) is 1.73. The van der Waals surface area contributed by atoms with Crippen LogP contribution in [0.3, 0.4) is 0 Å². The van der Waals surface area contributed by atoms with Gasteiger partial charge in [-0.1, -0.05) is 37.6 Å². The van der Waals surface area contributed by atoms with Crippen LogP contribution in [0, 0.1) is 19.8 Å². The second kappa shape index (κ2) is 9.83. The maximum absolute atomic E-state index is 12.8. The first-order valence-corrected chi connectivity index (χ1v) is 9.96. The minimum absolute atomic E-state index is 0.0850. The zero-order valence-electron chi connectivity index (χ0n) is 17.5. The predicted octanol–water partition coefficient (Wildman–Crippen LogP) is 5.64. The Bertz CT molecular complexity index is 779. The molecule has 0 saturated carbocycles. The first-order chi connectivity index (χ1) is 13.2. The average Bonchev–Trinajstić information content (AvgIpc) is 2.65. The van der Waals surface area contributed by atoms with Crippen molar-refractivity contribution in [1.82, 2.24) is 5.32 Å². The van der Waals surface area contributed by atoms with Crippen molar-refractivity contribution in [1.29, 1.82) is 0 Å². The highest BCUT2D eigenvalue weighted by molar-refractivity contribution is 6.32. The normalized spacial score (nSPS) is 13.1. The number of amides is 1. The molecule has 0 fully saturated rings. The number of halogens is 1. The topological polar surface area (TPSA) is 47.6 Å². The van der Waals surface area contributed by atoms with Crippen molar-refractivity contribution in [2.45, 2.75) is 53.2 Å². The standard InChI is InChI=1S/C23H30ClNO3/c1-14(2)11-21(18-7-9-19(27-6)10-8-18)25-23(26)17(5)28-20-12-15(3)22(24)16(4)13-20/h7-10,12-14,17,21H,11H2,1-6H3,(H,25,26)/t17-,21-/m1/s1. The molecule has 0 radical (unpaired) electrons. The molecule has 1 N–H and O–H groups in total. The lowest BCUT2D eigenvalue weighted by molar-refractivity contribution is -0.128. The second-order valence-electron chi connectivity index (χ2n) is 7.60. The van der Waals surface area contributed by atoms with Gasteiger partial charge in [-0.05, 0) is 74.1 Å². The van der Waals surface area contributed by atoms with Crippen LogP contribution in [0.2, 0.25) is 5.02 Å². The molecule has 152 valence electrons. The van der Waals surface area contributed by atoms with E-state index in [9.17, 15) is 4.79 Å². The Hall–Kier alpha value is -2.20. The highest BCUT2D eigenvalue weighted by Gasteiger charge is 2.21. The van der Waals surface area contributed by atoms with Crippen molar-refractivity contribution >= 4 is 17.5 Å². The number of rotatable bonds is 8. The van der Waals surface area contributed by atoms with Gasteiger partial charge in [-0.25, -0.2) is 0 Å². The zero-order valence-corrected chi connectivity index (χ0v) is 18.3. The predicted molar refractivity (Wildman–Crippen MR) is 114 cm³/mol. The Kier molecular flexibility index (Phi) is 7.76. The van der Waals surface area contributed by atoms with Crippen LogP contribution in [-0.4, -0.2) is 19.1 Å². The number of carbonyl (C=O) groups is 1. The zero-order chi connectivity index (χ0) is 20.8. The molecule has 0 heterocycles. The molecular weight excluding hydrogens is 374 g/mol. The van der Waals surface area contributed by atoms with Crippen molar-refractivity contribution in [3.63, 3.8) is 0 Å². The first-order valence-electron chi connectivity index (χ1n) is 9.59. The lowest BCUT2D eigenvalue weighted by Gasteiger charge is -2.24. The average molecular weight is 404 g/mol. The van der Waals surface area contributed by atoms with Gasteiger partial charge in [0.25, 0.3) is 5.91 Å². The number of benzene rings is 2. The van der Waals surface area contributed by atoms with E-state index < -0.39 is 6.10 Å². The van der Waals surface area contributed by atoms with Gasteiger partial charge in [0.05, 0.1) is 13.2 Å². The van der Waals surface area contributed by atoms with Gasteiger partial charge in [-0.3, -0.25) is 4.79 Å². The minimum Gasteiger partial charge on any atom is -0.497 e. The van der Waals surface area contributed by atoms with Gasteiger partial charge in [-0.2, -0.15) is 0 Å². The lowest BCUT2D eigenvalue weighted by atomic mass is 9.96. The molecule has 0 aliphatic carbocycles. The third-order valence-electron chi connectivity index (χ3n) is 4.63. The van der Waals surface area contributed by atoms with Gasteiger partial charge < -0.3 is 14.8 Å². The summed E-state index contributed by atoms with van der Waals surface area (Å²) in [6, 6.07) is 11.4. The summed E-state index contributed by atoms with van der Waals surface area (Å²) >= 11 is 6.21. The van der Waals surface area contributed by atoms with Crippen LogP contribution >= 0.6 is 11.6 Å². The Morgan fingerprint density at radius 1 is 1.04 bits per heavy atom. The maximum atomic E-state index is 12.8. The fourth-order valence-corrected chi connectivity index (χ4v) is 3.22. The molecule has 1 amide bonds. The fourth-order valence-electron chi connectivity index (χ4n) is 3.11. The largest absolute Gasteiger partial charge is 0.497 e. The fraction of sp³-hybridized carbons (Fsp3) is 0.435. The van der Waals surface area contributed by atoms with Crippen molar-refractivity contribution < 1.29 is 14.3 Å². The number of carbonyl (C=O) groups excluding carboxylic acids is 1. The molecule has 0 aliphatic rings. The van der Waals surface area contributed by atoms with E-state index in [1.165, 1.54) is 0 Å². The highest BCUT2D eigenvalue weighted by atomic mass is 35.5. The Morgan fingerprint density at radius 2 is 1.61 bits per heavy atom. The molecule has 2 atom stereocenters. The summed E-state index contributed by atoms with van der Waals surface area (Å²) in [7, 11) is 1.64. The molecule has 2 aromatic carbocycles. The molecule has 5 heteroatoms. The first kappa shape index (κ1) is 22.1. The molecule has 0 saturated heterocycles. The van der Waals surface area contributed by atoms with E-state index in [1.807, 2.05) is 50.2 Å². The quantitative estimate of drug-likeness (QED) is 0.620. The van der Waals surface area contributed by atoms with Gasteiger partial charge in [0.2, 0.25) is 0 Å². The molecule has 28 heavy (non-hydrogen) atoms. The molecular formula is C23H30ClNO3. The SMILES string of the molecule is COc1ccc([C@@H](CC(C)C)NC(=O)[C@@H](C)Oc2cc(C)c(Cl)c(C)c2)cc1. The number of methoxy groups -OCH3 is 1. The minimum atomic E-state index is -0.618. The molecule has 4 nitrogen and oxygen atoms in total. The van der Waals surface area contributed by atoms with Crippen molar-refractivity contribution in [2.75, 3.05) is 7.11 Å². The van der Waals surface area contributed by atoms with E-state index >= 15 is 0 Å². The third kappa shape index (κ3) is 5.90. The van der Waals surface area contributed by atoms with Crippen LogP contribution in [0.25, 0.3) is 0 Å². The van der Waals surface area contributed by atoms with E-state index in [0.717, 1.165) is 33.9 Å². The Morgan fingerprint density at radius 3 is 2.11 bits per heavy atom. The number of hydrogen-bond acceptors (Lipinski definition) is 3. The van der Waals surface area contributed by atoms with Gasteiger partial charge in [0.1, 0.15) is 11.5 Å². The smallest absolute Gasteiger partial charge is 0.261 e. The van der Waals surface area contributed by atoms with Gasteiger partial charge >= 0.3 is 0 Å². The van der Waals surface area contributed by atoms with Crippen molar-refractivity contribution in [3.8, 4) is 11.5 Å². The Labute approximate surface area is 173 Å². The van der Waals surface area contributed by atoms with E-state index in [1.54, 1.807) is 14.0 Å². The number of hydrogen-bond donors (Lipinski definition) is 1. The summed E-state index contributed by atoms with van der Waals surface area (Å²) in [6.07, 6.45) is 0.220. The van der Waals surface area contributed by atoms with Gasteiger partial charge in [0, 0.05) is 5.02 Å². The van der Waals surface area contributed by atoms with Gasteiger partial charge in [0.15, 0.2) is 6.10 Å². The molecule has 0 spiro atoms. The molecule has 0 unspecified atom stereocenters. The highest BCUT2D eigenvalue weighted by Crippen LogP contribution is 2.27. The van der Waals surface area contributed by atoms with Crippen LogP contribution in [0.5, 0.6) is 11.5 Å². The van der Waals surface area contributed by atoms with E-state index in [0.29, 0.717) is 11.7 Å². The third-order valence-corrected chi connectivity index (χ3v) is 5.23. The summed E-state index contributed by atoms with van der Waals surface area (Å²) in [6.45, 7) is 9.89. The summed E-state index contributed by atoms with van der Waals surface area (Å²) in [5.41, 5.74) is 2.91. The van der Waals surface area contributed by atoms with Crippen LogP contribution < -0.4 is 14.8 Å². The molecule has 0 aliphatic heterocycles. The monoisotopic (exact) mass is 403 g/mol. The van der Waals surface area contributed by atoms with E-state index in [-0.39, 0.29) is 11.9 Å². The van der Waals surface area contributed by atoms with Crippen molar-refractivity contribution in [2.24, 2.45) is 5.92 Å².